The molecule has 0 heterocycles. The predicted molar refractivity (Wildman–Crippen MR) is 72.1 cm³/mol. The zero-order valence-corrected chi connectivity index (χ0v) is 11.7. The Hall–Kier alpha value is -0.140. The first kappa shape index (κ1) is 14.3. The SMILES string of the molecule is CC(C(F)CCCC1CC1)C(F)CCCC1CC1. The van der Waals surface area contributed by atoms with Crippen LogP contribution in [-0.2, 0) is 0 Å². The lowest BCUT2D eigenvalue weighted by Crippen LogP contribution is -2.23. The highest BCUT2D eigenvalue weighted by molar-refractivity contribution is 4.78. The Balaban J connectivity index is 1.52. The molecule has 0 amide bonds. The molecule has 2 unspecified atom stereocenters. The number of alkyl halides is 2. The lowest BCUT2D eigenvalue weighted by Gasteiger charge is -2.20. The van der Waals surface area contributed by atoms with Crippen LogP contribution in [0.1, 0.15) is 71.1 Å². The molecular formula is C16H28F2. The van der Waals surface area contributed by atoms with Crippen LogP contribution in [0.2, 0.25) is 0 Å². The fourth-order valence-corrected chi connectivity index (χ4v) is 2.77. The van der Waals surface area contributed by atoms with Gasteiger partial charge >= 0.3 is 0 Å². The van der Waals surface area contributed by atoms with Crippen LogP contribution in [0.15, 0.2) is 0 Å². The first-order valence-electron chi connectivity index (χ1n) is 7.95. The summed E-state index contributed by atoms with van der Waals surface area (Å²) in [5, 5.41) is 0. The van der Waals surface area contributed by atoms with Crippen LogP contribution >= 0.6 is 0 Å². The van der Waals surface area contributed by atoms with Gasteiger partial charge in [0.1, 0.15) is 12.3 Å². The lowest BCUT2D eigenvalue weighted by atomic mass is 9.92. The third-order valence-electron chi connectivity index (χ3n) is 4.72. The topological polar surface area (TPSA) is 0 Å². The van der Waals surface area contributed by atoms with E-state index in [2.05, 4.69) is 0 Å². The average molecular weight is 258 g/mol. The van der Waals surface area contributed by atoms with E-state index < -0.39 is 18.3 Å². The summed E-state index contributed by atoms with van der Waals surface area (Å²) in [7, 11) is 0. The Morgan fingerprint density at radius 2 is 1.22 bits per heavy atom. The van der Waals surface area contributed by atoms with E-state index in [1.165, 1.54) is 25.7 Å². The minimum atomic E-state index is -0.931. The van der Waals surface area contributed by atoms with Crippen molar-refractivity contribution in [2.45, 2.75) is 83.5 Å². The van der Waals surface area contributed by atoms with E-state index in [1.54, 1.807) is 6.92 Å². The van der Waals surface area contributed by atoms with Gasteiger partial charge in [-0.3, -0.25) is 0 Å². The second-order valence-corrected chi connectivity index (χ2v) is 6.64. The summed E-state index contributed by atoms with van der Waals surface area (Å²) in [5.74, 6) is 1.34. The average Bonchev–Trinajstić information content (AvgIpc) is 3.21. The van der Waals surface area contributed by atoms with Gasteiger partial charge in [0.2, 0.25) is 0 Å². The van der Waals surface area contributed by atoms with E-state index in [-0.39, 0.29) is 0 Å². The van der Waals surface area contributed by atoms with Gasteiger partial charge in [0.15, 0.2) is 0 Å². The van der Waals surface area contributed by atoms with Crippen LogP contribution in [0, 0.1) is 17.8 Å². The highest BCUT2D eigenvalue weighted by atomic mass is 19.1. The monoisotopic (exact) mass is 258 g/mol. The Morgan fingerprint density at radius 3 is 1.56 bits per heavy atom. The van der Waals surface area contributed by atoms with Crippen LogP contribution in [0.4, 0.5) is 8.78 Å². The summed E-state index contributed by atoms with van der Waals surface area (Å²) in [5.41, 5.74) is 0. The normalized spacial score (nSPS) is 24.8. The van der Waals surface area contributed by atoms with Gasteiger partial charge in [0, 0.05) is 5.92 Å². The summed E-state index contributed by atoms with van der Waals surface area (Å²) >= 11 is 0. The van der Waals surface area contributed by atoms with Gasteiger partial charge < -0.3 is 0 Å². The van der Waals surface area contributed by atoms with E-state index in [0.717, 1.165) is 37.5 Å². The molecule has 0 aromatic rings. The molecule has 2 fully saturated rings. The van der Waals surface area contributed by atoms with Crippen molar-refractivity contribution in [1.82, 2.24) is 0 Å². The summed E-state index contributed by atoms with van der Waals surface area (Å²) in [6.45, 7) is 1.75. The van der Waals surface area contributed by atoms with Gasteiger partial charge in [0.05, 0.1) is 0 Å². The molecule has 0 spiro atoms. The van der Waals surface area contributed by atoms with Crippen molar-refractivity contribution in [1.29, 1.82) is 0 Å². The zero-order valence-electron chi connectivity index (χ0n) is 11.7. The fourth-order valence-electron chi connectivity index (χ4n) is 2.77. The predicted octanol–water partition coefficient (Wildman–Crippen LogP) is 5.46. The summed E-state index contributed by atoms with van der Waals surface area (Å²) in [6.07, 6.45) is 8.83. The van der Waals surface area contributed by atoms with E-state index in [0.29, 0.717) is 12.8 Å². The van der Waals surface area contributed by atoms with E-state index in [4.69, 9.17) is 0 Å². The maximum atomic E-state index is 13.9. The maximum absolute atomic E-state index is 13.9. The van der Waals surface area contributed by atoms with Gasteiger partial charge in [-0.25, -0.2) is 8.78 Å². The molecule has 2 aliphatic rings. The molecule has 2 rings (SSSR count). The van der Waals surface area contributed by atoms with Gasteiger partial charge in [-0.2, -0.15) is 0 Å². The minimum Gasteiger partial charge on any atom is -0.247 e. The Labute approximate surface area is 111 Å². The highest BCUT2D eigenvalue weighted by Gasteiger charge is 2.27. The largest absolute Gasteiger partial charge is 0.247 e. The minimum absolute atomic E-state index is 0.400. The lowest BCUT2D eigenvalue weighted by molar-refractivity contribution is 0.121. The fraction of sp³-hybridized carbons (Fsp3) is 1.00. The van der Waals surface area contributed by atoms with Crippen molar-refractivity contribution in [3.63, 3.8) is 0 Å². The molecule has 18 heavy (non-hydrogen) atoms. The Morgan fingerprint density at radius 1 is 0.833 bits per heavy atom. The van der Waals surface area contributed by atoms with Gasteiger partial charge in [-0.05, 0) is 24.7 Å². The van der Waals surface area contributed by atoms with Crippen LogP contribution in [-0.4, -0.2) is 12.3 Å². The third kappa shape index (κ3) is 5.24. The van der Waals surface area contributed by atoms with Crippen molar-refractivity contribution in [3.05, 3.63) is 0 Å². The highest BCUT2D eigenvalue weighted by Crippen LogP contribution is 2.36. The van der Waals surface area contributed by atoms with E-state index in [1.807, 2.05) is 0 Å². The summed E-state index contributed by atoms with van der Waals surface area (Å²) in [4.78, 5) is 0. The molecule has 0 aromatic carbocycles. The number of hydrogen-bond donors (Lipinski definition) is 0. The summed E-state index contributed by atoms with van der Waals surface area (Å²) in [6, 6.07) is 0. The molecule has 2 atom stereocenters. The number of halogens is 2. The van der Waals surface area contributed by atoms with E-state index >= 15 is 0 Å². The van der Waals surface area contributed by atoms with Gasteiger partial charge in [-0.1, -0.05) is 58.3 Å². The van der Waals surface area contributed by atoms with Crippen molar-refractivity contribution in [2.24, 2.45) is 17.8 Å². The van der Waals surface area contributed by atoms with Gasteiger partial charge in [-0.15, -0.1) is 0 Å². The van der Waals surface area contributed by atoms with E-state index in [9.17, 15) is 8.78 Å². The molecule has 0 aromatic heterocycles. The maximum Gasteiger partial charge on any atom is 0.105 e. The second-order valence-electron chi connectivity index (χ2n) is 6.64. The molecule has 106 valence electrons. The molecule has 2 aliphatic carbocycles. The van der Waals surface area contributed by atoms with Crippen molar-refractivity contribution in [2.75, 3.05) is 0 Å². The van der Waals surface area contributed by atoms with Crippen LogP contribution < -0.4 is 0 Å². The first-order chi connectivity index (χ1) is 8.66. The number of rotatable bonds is 10. The standard InChI is InChI=1S/C16H28F2/c1-12(15(17)6-2-4-13-8-9-13)16(18)7-3-5-14-10-11-14/h12-16H,2-11H2,1H3. The molecule has 0 aliphatic heterocycles. The molecule has 0 nitrogen and oxygen atoms in total. The molecular weight excluding hydrogens is 230 g/mol. The third-order valence-corrected chi connectivity index (χ3v) is 4.72. The smallest absolute Gasteiger partial charge is 0.105 e. The Kier molecular flexibility index (Phi) is 5.44. The van der Waals surface area contributed by atoms with Crippen LogP contribution in [0.25, 0.3) is 0 Å². The first-order valence-corrected chi connectivity index (χ1v) is 7.95. The second kappa shape index (κ2) is 6.86. The quantitative estimate of drug-likeness (QED) is 0.488. The van der Waals surface area contributed by atoms with Crippen molar-refractivity contribution in [3.8, 4) is 0 Å². The molecule has 2 saturated carbocycles. The molecule has 0 bridgehead atoms. The molecule has 0 N–H and O–H groups in total. The number of hydrogen-bond acceptors (Lipinski definition) is 0. The molecule has 0 radical (unpaired) electrons. The molecule has 0 saturated heterocycles. The van der Waals surface area contributed by atoms with Gasteiger partial charge in [0.25, 0.3) is 0 Å². The Bertz CT molecular complexity index is 209. The van der Waals surface area contributed by atoms with Crippen LogP contribution in [0.5, 0.6) is 0 Å². The van der Waals surface area contributed by atoms with Crippen LogP contribution in [0.3, 0.4) is 0 Å². The molecule has 2 heteroatoms. The summed E-state index contributed by atoms with van der Waals surface area (Å²) < 4.78 is 27.8. The van der Waals surface area contributed by atoms with Crippen molar-refractivity contribution < 1.29 is 8.78 Å². The zero-order chi connectivity index (χ0) is 13.0. The van der Waals surface area contributed by atoms with Crippen molar-refractivity contribution >= 4 is 0 Å².